The van der Waals surface area contributed by atoms with E-state index in [4.69, 9.17) is 0 Å². The van der Waals surface area contributed by atoms with Gasteiger partial charge in [0.2, 0.25) is 0 Å². The van der Waals surface area contributed by atoms with E-state index in [0.29, 0.717) is 6.54 Å². The maximum Gasteiger partial charge on any atom is 0.274 e. The largest absolute Gasteiger partial charge is 0.504 e. The predicted octanol–water partition coefficient (Wildman–Crippen LogP) is 1.90. The van der Waals surface area contributed by atoms with Gasteiger partial charge in [0.15, 0.2) is 11.4 Å². The van der Waals surface area contributed by atoms with E-state index in [2.05, 4.69) is 4.98 Å². The van der Waals surface area contributed by atoms with Crippen LogP contribution in [0.25, 0.3) is 10.9 Å². The molecule has 3 heterocycles. The maximum absolute atomic E-state index is 13.0. The van der Waals surface area contributed by atoms with Gasteiger partial charge in [0.1, 0.15) is 11.3 Å². The quantitative estimate of drug-likeness (QED) is 0.774. The van der Waals surface area contributed by atoms with Gasteiger partial charge < -0.3 is 10.0 Å². The zero-order chi connectivity index (χ0) is 17.6. The number of amides is 1. The lowest BCUT2D eigenvalue weighted by molar-refractivity contribution is 0.0682. The molecule has 126 valence electrons. The highest BCUT2D eigenvalue weighted by atomic mass is 19.1. The normalized spacial score (nSPS) is 14.0. The summed E-state index contributed by atoms with van der Waals surface area (Å²) in [6.07, 6.45) is 1.46. The van der Waals surface area contributed by atoms with Crippen LogP contribution in [0.2, 0.25) is 0 Å². The van der Waals surface area contributed by atoms with Crippen LogP contribution in [0.4, 0.5) is 4.39 Å². The first-order valence-corrected chi connectivity index (χ1v) is 7.80. The van der Waals surface area contributed by atoms with Crippen LogP contribution < -0.4 is 5.56 Å². The molecule has 0 unspecified atom stereocenters. The third-order valence-electron chi connectivity index (χ3n) is 4.37. The number of aromatic hydroxyl groups is 1. The summed E-state index contributed by atoms with van der Waals surface area (Å²) in [5, 5.41) is 10.8. The first-order chi connectivity index (χ1) is 12.1. The lowest BCUT2D eigenvalue weighted by Crippen LogP contribution is -2.44. The van der Waals surface area contributed by atoms with E-state index in [0.717, 1.165) is 5.56 Å². The van der Waals surface area contributed by atoms with Crippen molar-refractivity contribution < 1.29 is 14.3 Å². The molecule has 2 aromatic heterocycles. The molecule has 4 rings (SSSR count). The summed E-state index contributed by atoms with van der Waals surface area (Å²) in [5.74, 6) is -1.08. The van der Waals surface area contributed by atoms with Crippen molar-refractivity contribution in [3.63, 3.8) is 0 Å². The van der Waals surface area contributed by atoms with Crippen LogP contribution in [-0.2, 0) is 13.1 Å². The number of aromatic nitrogens is 2. The summed E-state index contributed by atoms with van der Waals surface area (Å²) in [7, 11) is 0. The highest BCUT2D eigenvalue weighted by Crippen LogP contribution is 2.28. The van der Waals surface area contributed by atoms with Crippen molar-refractivity contribution in [1.82, 2.24) is 14.5 Å². The number of carbonyl (C=O) groups excluding carboxylic acids is 1. The zero-order valence-electron chi connectivity index (χ0n) is 13.1. The van der Waals surface area contributed by atoms with Crippen molar-refractivity contribution in [3.8, 4) is 5.75 Å². The molecule has 0 atom stereocenters. The molecule has 0 saturated heterocycles. The van der Waals surface area contributed by atoms with Crippen LogP contribution in [-0.4, -0.2) is 32.0 Å². The Morgan fingerprint density at radius 3 is 2.64 bits per heavy atom. The van der Waals surface area contributed by atoms with Gasteiger partial charge in [-0.3, -0.25) is 19.1 Å². The van der Waals surface area contributed by atoms with E-state index in [1.165, 1.54) is 27.8 Å². The van der Waals surface area contributed by atoms with Crippen molar-refractivity contribution >= 4 is 16.8 Å². The number of pyridine rings is 2. The molecule has 6 nitrogen and oxygen atoms in total. The number of benzene rings is 1. The molecule has 0 radical (unpaired) electrons. The lowest BCUT2D eigenvalue weighted by atomic mass is 10.1. The van der Waals surface area contributed by atoms with Crippen molar-refractivity contribution in [2.75, 3.05) is 6.54 Å². The molecule has 1 aromatic carbocycles. The molecule has 1 N–H and O–H groups in total. The molecule has 3 aromatic rings. The van der Waals surface area contributed by atoms with Crippen LogP contribution in [0, 0.1) is 5.82 Å². The molecule has 7 heteroatoms. The van der Waals surface area contributed by atoms with Crippen LogP contribution in [0.1, 0.15) is 16.1 Å². The molecule has 1 amide bonds. The Labute approximate surface area is 141 Å². The van der Waals surface area contributed by atoms with Crippen molar-refractivity contribution in [2.45, 2.75) is 13.1 Å². The molecule has 0 aliphatic carbocycles. The molecular formula is C18H14FN3O3. The monoisotopic (exact) mass is 339 g/mol. The van der Waals surface area contributed by atoms with E-state index < -0.39 is 5.91 Å². The topological polar surface area (TPSA) is 75.4 Å². The highest BCUT2D eigenvalue weighted by Gasteiger charge is 2.30. The smallest absolute Gasteiger partial charge is 0.274 e. The Morgan fingerprint density at radius 1 is 1.12 bits per heavy atom. The Kier molecular flexibility index (Phi) is 3.49. The minimum atomic E-state index is -0.447. The number of hydrogen-bond donors (Lipinski definition) is 1. The van der Waals surface area contributed by atoms with E-state index in [1.807, 2.05) is 0 Å². The number of carbonyl (C=O) groups is 1. The zero-order valence-corrected chi connectivity index (χ0v) is 13.1. The first kappa shape index (κ1) is 15.3. The fraction of sp³-hybridized carbons (Fsp3) is 0.167. The van der Waals surface area contributed by atoms with E-state index >= 15 is 0 Å². The molecule has 1 aliphatic rings. The summed E-state index contributed by atoms with van der Waals surface area (Å²) >= 11 is 0. The number of hydrogen-bond acceptors (Lipinski definition) is 4. The summed E-state index contributed by atoms with van der Waals surface area (Å²) < 4.78 is 14.3. The first-order valence-electron chi connectivity index (χ1n) is 7.80. The Hall–Kier alpha value is -3.22. The third-order valence-corrected chi connectivity index (χ3v) is 4.37. The Balaban J connectivity index is 1.77. The second kappa shape index (κ2) is 5.70. The summed E-state index contributed by atoms with van der Waals surface area (Å²) in [6.45, 7) is 0.876. The Bertz CT molecular complexity index is 1040. The Morgan fingerprint density at radius 2 is 1.88 bits per heavy atom. The SMILES string of the molecule is O=C1c2c(O)c3ncccc3c(=O)n2CCN1Cc1ccc(F)cc1. The molecule has 0 spiro atoms. The fourth-order valence-electron chi connectivity index (χ4n) is 3.12. The third kappa shape index (κ3) is 2.44. The number of nitrogens with zero attached hydrogens (tertiary/aromatic N) is 3. The maximum atomic E-state index is 13.0. The average Bonchev–Trinajstić information content (AvgIpc) is 2.63. The highest BCUT2D eigenvalue weighted by molar-refractivity contribution is 6.01. The molecule has 0 saturated carbocycles. The van der Waals surface area contributed by atoms with Gasteiger partial charge in [-0.1, -0.05) is 12.1 Å². The lowest BCUT2D eigenvalue weighted by Gasteiger charge is -2.30. The number of halogens is 1. The van der Waals surface area contributed by atoms with Gasteiger partial charge in [0, 0.05) is 25.8 Å². The van der Waals surface area contributed by atoms with Crippen LogP contribution in [0.15, 0.2) is 47.4 Å². The van der Waals surface area contributed by atoms with Gasteiger partial charge in [-0.2, -0.15) is 0 Å². The predicted molar refractivity (Wildman–Crippen MR) is 88.8 cm³/mol. The summed E-state index contributed by atoms with van der Waals surface area (Å²) in [4.78, 5) is 30.9. The van der Waals surface area contributed by atoms with Crippen LogP contribution >= 0.6 is 0 Å². The van der Waals surface area contributed by atoms with Crippen LogP contribution in [0.5, 0.6) is 5.75 Å². The van der Waals surface area contributed by atoms with Gasteiger partial charge in [-0.15, -0.1) is 0 Å². The fourth-order valence-corrected chi connectivity index (χ4v) is 3.12. The second-order valence-electron chi connectivity index (χ2n) is 5.91. The van der Waals surface area contributed by atoms with Crippen LogP contribution in [0.3, 0.4) is 0 Å². The van der Waals surface area contributed by atoms with E-state index in [9.17, 15) is 19.1 Å². The van der Waals surface area contributed by atoms with E-state index in [-0.39, 0.29) is 46.8 Å². The summed E-state index contributed by atoms with van der Waals surface area (Å²) in [5.41, 5.74) is 0.495. The molecule has 1 aliphatic heterocycles. The van der Waals surface area contributed by atoms with Crippen molar-refractivity contribution in [1.29, 1.82) is 0 Å². The summed E-state index contributed by atoms with van der Waals surface area (Å²) in [6, 6.07) is 9.06. The van der Waals surface area contributed by atoms with Gasteiger partial charge in [-0.25, -0.2) is 4.39 Å². The minimum Gasteiger partial charge on any atom is -0.504 e. The van der Waals surface area contributed by atoms with Gasteiger partial charge in [0.05, 0.1) is 5.39 Å². The van der Waals surface area contributed by atoms with Gasteiger partial charge >= 0.3 is 0 Å². The van der Waals surface area contributed by atoms with Gasteiger partial charge in [-0.05, 0) is 29.8 Å². The standard InChI is InChI=1S/C18H14FN3O3/c19-12-5-3-11(4-6-12)10-21-8-9-22-15(18(21)25)16(23)14-13(17(22)24)2-1-7-20-14/h1-7,23H,8-10H2. The molecule has 25 heavy (non-hydrogen) atoms. The molecule has 0 bridgehead atoms. The molecule has 0 fully saturated rings. The number of fused-ring (bicyclic) bond motifs is 2. The van der Waals surface area contributed by atoms with Crippen molar-refractivity contribution in [3.05, 3.63) is 70.0 Å². The molecular weight excluding hydrogens is 325 g/mol. The van der Waals surface area contributed by atoms with Gasteiger partial charge in [0.25, 0.3) is 11.5 Å². The van der Waals surface area contributed by atoms with Crippen molar-refractivity contribution in [2.24, 2.45) is 0 Å². The minimum absolute atomic E-state index is 0.0513. The number of rotatable bonds is 2. The second-order valence-corrected chi connectivity index (χ2v) is 5.91. The average molecular weight is 339 g/mol. The van der Waals surface area contributed by atoms with E-state index in [1.54, 1.807) is 24.3 Å².